The van der Waals surface area contributed by atoms with Gasteiger partial charge in [-0.25, -0.2) is 4.79 Å². The molecule has 5 heteroatoms. The van der Waals surface area contributed by atoms with Gasteiger partial charge in [0.2, 0.25) is 0 Å². The summed E-state index contributed by atoms with van der Waals surface area (Å²) in [5.41, 5.74) is 0. The number of hydrogen-bond donors (Lipinski definition) is 2. The number of carbonyl (C=O) groups excluding carboxylic acids is 1. The number of urea groups is 1. The molecule has 0 bridgehead atoms. The average molecular weight is 214 g/mol. The van der Waals surface area contributed by atoms with Crippen molar-refractivity contribution in [2.24, 2.45) is 0 Å². The Morgan fingerprint density at radius 3 is 2.80 bits per heavy atom. The zero-order valence-electron chi connectivity index (χ0n) is 8.83. The first-order chi connectivity index (χ1) is 7.34. The molecule has 1 saturated carbocycles. The van der Waals surface area contributed by atoms with E-state index in [4.69, 9.17) is 9.47 Å². The van der Waals surface area contributed by atoms with E-state index in [0.29, 0.717) is 32.4 Å². The molecule has 0 radical (unpaired) electrons. The van der Waals surface area contributed by atoms with Crippen molar-refractivity contribution in [3.05, 3.63) is 0 Å². The van der Waals surface area contributed by atoms with Crippen molar-refractivity contribution >= 4 is 6.03 Å². The van der Waals surface area contributed by atoms with Crippen molar-refractivity contribution in [2.75, 3.05) is 26.4 Å². The third-order valence-corrected chi connectivity index (χ3v) is 2.82. The minimum atomic E-state index is -0.0890. The van der Waals surface area contributed by atoms with Gasteiger partial charge in [0.25, 0.3) is 0 Å². The van der Waals surface area contributed by atoms with Gasteiger partial charge in [-0.15, -0.1) is 0 Å². The fraction of sp³-hybridized carbons (Fsp3) is 0.900. The van der Waals surface area contributed by atoms with E-state index in [-0.39, 0.29) is 12.1 Å². The molecule has 15 heavy (non-hydrogen) atoms. The molecule has 0 aromatic rings. The van der Waals surface area contributed by atoms with Crippen LogP contribution < -0.4 is 10.6 Å². The lowest BCUT2D eigenvalue weighted by molar-refractivity contribution is -0.0854. The molecule has 5 nitrogen and oxygen atoms in total. The van der Waals surface area contributed by atoms with Crippen LogP contribution in [-0.2, 0) is 9.47 Å². The van der Waals surface area contributed by atoms with E-state index in [1.165, 1.54) is 6.42 Å². The van der Waals surface area contributed by atoms with Gasteiger partial charge in [-0.1, -0.05) is 0 Å². The molecular formula is C10H18N2O3. The largest absolute Gasteiger partial charge is 0.376 e. The van der Waals surface area contributed by atoms with Crippen LogP contribution in [-0.4, -0.2) is 44.5 Å². The smallest absolute Gasteiger partial charge is 0.315 e. The number of amides is 2. The van der Waals surface area contributed by atoms with Gasteiger partial charge in [-0.2, -0.15) is 0 Å². The summed E-state index contributed by atoms with van der Waals surface area (Å²) in [7, 11) is 0. The molecule has 1 heterocycles. The number of hydrogen-bond acceptors (Lipinski definition) is 3. The summed E-state index contributed by atoms with van der Waals surface area (Å²) in [6.45, 7) is 2.38. The molecule has 0 aromatic heterocycles. The number of ether oxygens (including phenoxy) is 2. The van der Waals surface area contributed by atoms with Crippen molar-refractivity contribution in [1.82, 2.24) is 10.6 Å². The maximum atomic E-state index is 11.4. The van der Waals surface area contributed by atoms with E-state index in [0.717, 1.165) is 12.8 Å². The van der Waals surface area contributed by atoms with Gasteiger partial charge in [0.05, 0.1) is 25.9 Å². The number of carbonyl (C=O) groups is 1. The third-order valence-electron chi connectivity index (χ3n) is 2.82. The van der Waals surface area contributed by atoms with Gasteiger partial charge in [0, 0.05) is 12.6 Å². The first-order valence-corrected chi connectivity index (χ1v) is 5.58. The van der Waals surface area contributed by atoms with Crippen LogP contribution >= 0.6 is 0 Å². The van der Waals surface area contributed by atoms with Crippen LogP contribution in [0, 0.1) is 0 Å². The second kappa shape index (κ2) is 5.32. The van der Waals surface area contributed by atoms with Gasteiger partial charge in [0.1, 0.15) is 0 Å². The van der Waals surface area contributed by atoms with Gasteiger partial charge in [-0.3, -0.25) is 0 Å². The summed E-state index contributed by atoms with van der Waals surface area (Å²) < 4.78 is 10.6. The predicted octanol–water partition coefficient (Wildman–Crippen LogP) is 0.253. The molecule has 1 aliphatic heterocycles. The van der Waals surface area contributed by atoms with E-state index in [2.05, 4.69) is 10.6 Å². The van der Waals surface area contributed by atoms with E-state index in [9.17, 15) is 4.79 Å². The lowest BCUT2D eigenvalue weighted by Gasteiger charge is -2.27. The normalized spacial score (nSPS) is 26.8. The minimum Gasteiger partial charge on any atom is -0.376 e. The first-order valence-electron chi connectivity index (χ1n) is 5.58. The summed E-state index contributed by atoms with van der Waals surface area (Å²) in [5, 5.41) is 5.71. The van der Waals surface area contributed by atoms with E-state index in [1.54, 1.807) is 0 Å². The molecule has 1 aliphatic carbocycles. The molecule has 1 atom stereocenters. The Labute approximate surface area is 89.5 Å². The van der Waals surface area contributed by atoms with Crippen molar-refractivity contribution < 1.29 is 14.3 Å². The highest BCUT2D eigenvalue weighted by atomic mass is 16.6. The van der Waals surface area contributed by atoms with E-state index >= 15 is 0 Å². The summed E-state index contributed by atoms with van der Waals surface area (Å²) >= 11 is 0. The molecular weight excluding hydrogens is 196 g/mol. The van der Waals surface area contributed by atoms with Gasteiger partial charge in [0.15, 0.2) is 0 Å². The van der Waals surface area contributed by atoms with Crippen molar-refractivity contribution in [3.8, 4) is 0 Å². The molecule has 2 N–H and O–H groups in total. The fourth-order valence-corrected chi connectivity index (χ4v) is 1.65. The molecule has 2 fully saturated rings. The van der Waals surface area contributed by atoms with E-state index < -0.39 is 0 Å². The summed E-state index contributed by atoms with van der Waals surface area (Å²) in [6.07, 6.45) is 3.45. The molecule has 2 amide bonds. The Balaban J connectivity index is 1.57. The number of rotatable bonds is 3. The quantitative estimate of drug-likeness (QED) is 0.708. The minimum absolute atomic E-state index is 0.00545. The Morgan fingerprint density at radius 1 is 1.33 bits per heavy atom. The van der Waals surface area contributed by atoms with Gasteiger partial charge < -0.3 is 20.1 Å². The standard InChI is InChI=1S/C10H18N2O3/c13-10(12-8-2-1-3-8)11-6-9-7-14-4-5-15-9/h8-9H,1-7H2,(H2,11,12,13). The Morgan fingerprint density at radius 2 is 2.20 bits per heavy atom. The molecule has 2 aliphatic rings. The summed E-state index contributed by atoms with van der Waals surface area (Å²) in [6, 6.07) is 0.294. The zero-order valence-corrected chi connectivity index (χ0v) is 8.83. The van der Waals surface area contributed by atoms with Crippen LogP contribution in [0.4, 0.5) is 4.79 Å². The molecule has 1 unspecified atom stereocenters. The van der Waals surface area contributed by atoms with Crippen LogP contribution in [0.25, 0.3) is 0 Å². The summed E-state index contributed by atoms with van der Waals surface area (Å²) in [5.74, 6) is 0. The van der Waals surface area contributed by atoms with Crippen molar-refractivity contribution in [1.29, 1.82) is 0 Å². The molecule has 86 valence electrons. The third kappa shape index (κ3) is 3.35. The van der Waals surface area contributed by atoms with Crippen LogP contribution in [0.5, 0.6) is 0 Å². The van der Waals surface area contributed by atoms with Crippen LogP contribution in [0.3, 0.4) is 0 Å². The monoisotopic (exact) mass is 214 g/mol. The maximum absolute atomic E-state index is 11.4. The lowest BCUT2D eigenvalue weighted by atomic mass is 9.93. The van der Waals surface area contributed by atoms with Gasteiger partial charge in [-0.05, 0) is 19.3 Å². The fourth-order valence-electron chi connectivity index (χ4n) is 1.65. The van der Waals surface area contributed by atoms with Crippen molar-refractivity contribution in [2.45, 2.75) is 31.4 Å². The molecule has 0 aromatic carbocycles. The highest BCUT2D eigenvalue weighted by Gasteiger charge is 2.20. The SMILES string of the molecule is O=C(NCC1COCCO1)NC1CCC1. The van der Waals surface area contributed by atoms with Gasteiger partial charge >= 0.3 is 6.03 Å². The lowest BCUT2D eigenvalue weighted by Crippen LogP contribution is -2.48. The molecule has 2 rings (SSSR count). The zero-order chi connectivity index (χ0) is 10.5. The summed E-state index contributed by atoms with van der Waals surface area (Å²) in [4.78, 5) is 11.4. The van der Waals surface area contributed by atoms with Crippen LogP contribution in [0.1, 0.15) is 19.3 Å². The second-order valence-electron chi connectivity index (χ2n) is 4.05. The van der Waals surface area contributed by atoms with Crippen molar-refractivity contribution in [3.63, 3.8) is 0 Å². The molecule has 0 spiro atoms. The Hall–Kier alpha value is -0.810. The second-order valence-corrected chi connectivity index (χ2v) is 4.05. The molecule has 1 saturated heterocycles. The highest BCUT2D eigenvalue weighted by molar-refractivity contribution is 5.74. The Bertz CT molecular complexity index is 213. The first kappa shape index (κ1) is 10.7. The number of nitrogens with one attached hydrogen (secondary N) is 2. The van der Waals surface area contributed by atoms with E-state index in [1.807, 2.05) is 0 Å². The maximum Gasteiger partial charge on any atom is 0.315 e. The highest BCUT2D eigenvalue weighted by Crippen LogP contribution is 2.17. The topological polar surface area (TPSA) is 59.6 Å². The predicted molar refractivity (Wildman–Crippen MR) is 54.7 cm³/mol. The van der Waals surface area contributed by atoms with Crippen LogP contribution in [0.2, 0.25) is 0 Å². The van der Waals surface area contributed by atoms with Crippen LogP contribution in [0.15, 0.2) is 0 Å². The average Bonchev–Trinajstić information content (AvgIpc) is 2.22. The Kier molecular flexibility index (Phi) is 3.80.